The lowest BCUT2D eigenvalue weighted by atomic mass is 9.82. The first-order chi connectivity index (χ1) is 8.63. The van der Waals surface area contributed by atoms with Gasteiger partial charge in [0, 0.05) is 19.8 Å². The van der Waals surface area contributed by atoms with E-state index in [9.17, 15) is 0 Å². The highest BCUT2D eigenvalue weighted by Crippen LogP contribution is 2.31. The maximum absolute atomic E-state index is 8.79. The molecule has 1 aliphatic heterocycles. The summed E-state index contributed by atoms with van der Waals surface area (Å²) in [4.78, 5) is 0. The van der Waals surface area contributed by atoms with Crippen molar-refractivity contribution in [3.8, 4) is 6.07 Å². The largest absolute Gasteiger partial charge is 0.397 e. The Morgan fingerprint density at radius 2 is 2.17 bits per heavy atom. The van der Waals surface area contributed by atoms with Crippen LogP contribution in [0.2, 0.25) is 0 Å². The van der Waals surface area contributed by atoms with Gasteiger partial charge in [-0.2, -0.15) is 5.26 Å². The van der Waals surface area contributed by atoms with Crippen molar-refractivity contribution in [1.29, 1.82) is 5.26 Å². The van der Waals surface area contributed by atoms with Crippen molar-refractivity contribution in [3.05, 3.63) is 23.8 Å². The van der Waals surface area contributed by atoms with Crippen molar-refractivity contribution in [2.24, 2.45) is 5.41 Å². The maximum Gasteiger partial charge on any atom is 0.0992 e. The molecule has 1 aliphatic rings. The minimum Gasteiger partial charge on any atom is -0.397 e. The molecule has 0 spiro atoms. The number of nitrogens with zero attached hydrogens (tertiary/aromatic N) is 1. The number of nitrogens with two attached hydrogens (primary N) is 1. The van der Waals surface area contributed by atoms with E-state index < -0.39 is 0 Å². The second kappa shape index (κ2) is 5.28. The molecule has 96 valence electrons. The van der Waals surface area contributed by atoms with Crippen LogP contribution < -0.4 is 11.1 Å². The lowest BCUT2D eigenvalue weighted by Crippen LogP contribution is -2.33. The standard InChI is InChI=1S/C14H19N3O/c1-14(4-6-18-7-5-14)10-17-13-3-2-11(9-15)8-12(13)16/h2-3,8,17H,4-7,10,16H2,1H3. The van der Waals surface area contributed by atoms with Gasteiger partial charge in [-0.25, -0.2) is 0 Å². The van der Waals surface area contributed by atoms with Crippen LogP contribution in [0.4, 0.5) is 11.4 Å². The smallest absolute Gasteiger partial charge is 0.0992 e. The molecule has 0 saturated carbocycles. The van der Waals surface area contributed by atoms with E-state index in [0.717, 1.165) is 38.3 Å². The molecule has 1 fully saturated rings. The van der Waals surface area contributed by atoms with Crippen LogP contribution in [0.25, 0.3) is 0 Å². The molecule has 0 aliphatic carbocycles. The van der Waals surface area contributed by atoms with Crippen molar-refractivity contribution in [2.75, 3.05) is 30.8 Å². The van der Waals surface area contributed by atoms with Crippen LogP contribution in [0, 0.1) is 16.7 Å². The van der Waals surface area contributed by atoms with E-state index in [0.29, 0.717) is 11.3 Å². The van der Waals surface area contributed by atoms with E-state index in [4.69, 9.17) is 15.7 Å². The summed E-state index contributed by atoms with van der Waals surface area (Å²) in [6, 6.07) is 7.44. The third kappa shape index (κ3) is 2.93. The van der Waals surface area contributed by atoms with Gasteiger partial charge >= 0.3 is 0 Å². The van der Waals surface area contributed by atoms with Crippen molar-refractivity contribution < 1.29 is 4.74 Å². The zero-order chi connectivity index (χ0) is 13.0. The predicted molar refractivity (Wildman–Crippen MR) is 72.2 cm³/mol. The number of ether oxygens (including phenoxy) is 1. The fourth-order valence-electron chi connectivity index (χ4n) is 2.14. The highest BCUT2D eigenvalue weighted by atomic mass is 16.5. The molecule has 1 heterocycles. The maximum atomic E-state index is 8.79. The summed E-state index contributed by atoms with van der Waals surface area (Å²) in [6.07, 6.45) is 2.13. The molecule has 1 aromatic carbocycles. The Morgan fingerprint density at radius 3 is 2.78 bits per heavy atom. The fourth-order valence-corrected chi connectivity index (χ4v) is 2.14. The Labute approximate surface area is 108 Å². The molecule has 4 nitrogen and oxygen atoms in total. The Kier molecular flexibility index (Phi) is 3.73. The van der Waals surface area contributed by atoms with Gasteiger partial charge < -0.3 is 15.8 Å². The fraction of sp³-hybridized carbons (Fsp3) is 0.500. The van der Waals surface area contributed by atoms with Gasteiger partial charge in [0.05, 0.1) is 23.0 Å². The van der Waals surface area contributed by atoms with E-state index in [-0.39, 0.29) is 5.41 Å². The Hall–Kier alpha value is -1.73. The second-order valence-corrected chi connectivity index (χ2v) is 5.19. The van der Waals surface area contributed by atoms with E-state index in [1.807, 2.05) is 6.07 Å². The Balaban J connectivity index is 2.00. The summed E-state index contributed by atoms with van der Waals surface area (Å²) in [6.45, 7) is 4.82. The minimum atomic E-state index is 0.262. The number of nitrogens with one attached hydrogen (secondary N) is 1. The highest BCUT2D eigenvalue weighted by molar-refractivity contribution is 5.68. The first-order valence-electron chi connectivity index (χ1n) is 6.24. The molecule has 18 heavy (non-hydrogen) atoms. The van der Waals surface area contributed by atoms with Crippen LogP contribution in [-0.2, 0) is 4.74 Å². The summed E-state index contributed by atoms with van der Waals surface area (Å²) < 4.78 is 5.38. The number of rotatable bonds is 3. The van der Waals surface area contributed by atoms with E-state index in [1.54, 1.807) is 12.1 Å². The number of hydrogen-bond acceptors (Lipinski definition) is 4. The quantitative estimate of drug-likeness (QED) is 0.802. The van der Waals surface area contributed by atoms with Crippen LogP contribution in [0.3, 0.4) is 0 Å². The SMILES string of the molecule is CC1(CNc2ccc(C#N)cc2N)CCOCC1. The molecule has 0 unspecified atom stereocenters. The van der Waals surface area contributed by atoms with E-state index >= 15 is 0 Å². The molecule has 0 aromatic heterocycles. The van der Waals surface area contributed by atoms with E-state index in [1.165, 1.54) is 0 Å². The summed E-state index contributed by atoms with van der Waals surface area (Å²) in [5, 5.41) is 12.2. The summed E-state index contributed by atoms with van der Waals surface area (Å²) in [5.41, 5.74) is 8.31. The molecule has 0 bridgehead atoms. The molecular formula is C14H19N3O. The molecular weight excluding hydrogens is 226 g/mol. The van der Waals surface area contributed by atoms with Gasteiger partial charge in [-0.1, -0.05) is 6.92 Å². The lowest BCUT2D eigenvalue weighted by molar-refractivity contribution is 0.0300. The van der Waals surface area contributed by atoms with Crippen LogP contribution in [-0.4, -0.2) is 19.8 Å². The average Bonchev–Trinajstić information content (AvgIpc) is 2.38. The zero-order valence-corrected chi connectivity index (χ0v) is 10.7. The van der Waals surface area contributed by atoms with Crippen molar-refractivity contribution in [3.63, 3.8) is 0 Å². The first kappa shape index (κ1) is 12.7. The van der Waals surface area contributed by atoms with Gasteiger partial charge in [0.2, 0.25) is 0 Å². The summed E-state index contributed by atoms with van der Waals surface area (Å²) in [7, 11) is 0. The summed E-state index contributed by atoms with van der Waals surface area (Å²) in [5.74, 6) is 0. The Morgan fingerprint density at radius 1 is 1.44 bits per heavy atom. The van der Waals surface area contributed by atoms with Crippen LogP contribution in [0.1, 0.15) is 25.3 Å². The number of benzene rings is 1. The third-order valence-corrected chi connectivity index (χ3v) is 3.59. The minimum absolute atomic E-state index is 0.262. The van der Waals surface area contributed by atoms with Crippen molar-refractivity contribution >= 4 is 11.4 Å². The molecule has 0 amide bonds. The van der Waals surface area contributed by atoms with Gasteiger partial charge in [-0.05, 0) is 36.5 Å². The molecule has 3 N–H and O–H groups in total. The highest BCUT2D eigenvalue weighted by Gasteiger charge is 2.27. The van der Waals surface area contributed by atoms with Gasteiger partial charge in [0.15, 0.2) is 0 Å². The van der Waals surface area contributed by atoms with Gasteiger partial charge in [0.25, 0.3) is 0 Å². The molecule has 0 atom stereocenters. The first-order valence-corrected chi connectivity index (χ1v) is 6.24. The molecule has 1 aromatic rings. The number of nitriles is 1. The van der Waals surface area contributed by atoms with Gasteiger partial charge in [0.1, 0.15) is 0 Å². The molecule has 4 heteroatoms. The predicted octanol–water partition coefficient (Wildman–Crippen LogP) is 2.37. The van der Waals surface area contributed by atoms with Crippen LogP contribution >= 0.6 is 0 Å². The molecule has 0 radical (unpaired) electrons. The number of hydrogen-bond donors (Lipinski definition) is 2. The monoisotopic (exact) mass is 245 g/mol. The van der Waals surface area contributed by atoms with E-state index in [2.05, 4.69) is 18.3 Å². The number of anilines is 2. The zero-order valence-electron chi connectivity index (χ0n) is 10.7. The van der Waals surface area contributed by atoms with Gasteiger partial charge in [-0.15, -0.1) is 0 Å². The summed E-state index contributed by atoms with van der Waals surface area (Å²) >= 11 is 0. The normalized spacial score (nSPS) is 18.0. The molecule has 1 saturated heterocycles. The lowest BCUT2D eigenvalue weighted by Gasteiger charge is -2.34. The average molecular weight is 245 g/mol. The topological polar surface area (TPSA) is 71.1 Å². The number of nitrogen functional groups attached to an aromatic ring is 1. The van der Waals surface area contributed by atoms with Gasteiger partial charge in [-0.3, -0.25) is 0 Å². The van der Waals surface area contributed by atoms with Crippen LogP contribution in [0.15, 0.2) is 18.2 Å². The van der Waals surface area contributed by atoms with Crippen molar-refractivity contribution in [1.82, 2.24) is 0 Å². The molecule has 2 rings (SSSR count). The van der Waals surface area contributed by atoms with Crippen LogP contribution in [0.5, 0.6) is 0 Å². The third-order valence-electron chi connectivity index (χ3n) is 3.59. The Bertz CT molecular complexity index is 459. The second-order valence-electron chi connectivity index (χ2n) is 5.19. The van der Waals surface area contributed by atoms with Crippen molar-refractivity contribution in [2.45, 2.75) is 19.8 Å².